The molecule has 5 rings (SSSR count). The molecule has 4 aromatic rings. The highest BCUT2D eigenvalue weighted by molar-refractivity contribution is 7.99. The lowest BCUT2D eigenvalue weighted by molar-refractivity contribution is -0.245. The number of hydrogen-bond donors (Lipinski definition) is 3. The molecular formula is C33H37N5O6S. The van der Waals surface area contributed by atoms with Crippen LogP contribution in [0, 0.1) is 0 Å². The predicted octanol–water partition coefficient (Wildman–Crippen LogP) is 4.97. The second-order valence-corrected chi connectivity index (χ2v) is 11.9. The summed E-state index contributed by atoms with van der Waals surface area (Å²) in [5.74, 6) is -0.295. The average molecular weight is 632 g/mol. The minimum absolute atomic E-state index is 0.0164. The third-order valence-electron chi connectivity index (χ3n) is 7.55. The van der Waals surface area contributed by atoms with E-state index in [0.717, 1.165) is 33.4 Å². The first-order chi connectivity index (χ1) is 21.9. The van der Waals surface area contributed by atoms with Crippen LogP contribution >= 0.6 is 11.8 Å². The molecule has 0 radical (unpaired) electrons. The minimum Gasteiger partial charge on any atom is -0.481 e. The Balaban J connectivity index is 1.28. The van der Waals surface area contributed by atoms with Crippen molar-refractivity contribution in [1.29, 1.82) is 0 Å². The number of aliphatic carboxylic acids is 1. The van der Waals surface area contributed by atoms with Crippen LogP contribution in [-0.4, -0.2) is 54.2 Å². The summed E-state index contributed by atoms with van der Waals surface area (Å²) in [4.78, 5) is 22.9. The van der Waals surface area contributed by atoms with Crippen molar-refractivity contribution in [3.8, 4) is 11.1 Å². The van der Waals surface area contributed by atoms with Gasteiger partial charge in [0.05, 0.1) is 18.8 Å². The van der Waals surface area contributed by atoms with Gasteiger partial charge in [-0.2, -0.15) is 0 Å². The molecule has 1 fully saturated rings. The van der Waals surface area contributed by atoms with Crippen molar-refractivity contribution in [2.75, 3.05) is 5.75 Å². The number of carbonyl (C=O) groups excluding carboxylic acids is 1. The highest BCUT2D eigenvalue weighted by atomic mass is 32.2. The first-order valence-corrected chi connectivity index (χ1v) is 15.9. The summed E-state index contributed by atoms with van der Waals surface area (Å²) in [6.45, 7) is 0.370. The Morgan fingerprint density at radius 3 is 2.44 bits per heavy atom. The molecule has 1 aromatic heterocycles. The topological polar surface area (TPSA) is 149 Å². The van der Waals surface area contributed by atoms with E-state index in [0.29, 0.717) is 43.1 Å². The molecule has 3 N–H and O–H groups in total. The SMILES string of the molecule is Cn1nnnc1SC[C@@H]1C[C@H](c2ccc(CO)cc2)O[C@H](c2cccc(-c3cccc(CNC(=O)CCCCC(=O)O)c3)c2)O1. The highest BCUT2D eigenvalue weighted by Crippen LogP contribution is 2.40. The van der Waals surface area contributed by atoms with E-state index in [1.54, 1.807) is 11.7 Å². The number of aliphatic hydroxyl groups excluding tert-OH is 1. The first-order valence-electron chi connectivity index (χ1n) is 14.9. The third-order valence-corrected chi connectivity index (χ3v) is 8.69. The molecule has 0 aliphatic carbocycles. The molecule has 1 saturated heterocycles. The van der Waals surface area contributed by atoms with Crippen molar-refractivity contribution >= 4 is 23.6 Å². The monoisotopic (exact) mass is 631 g/mol. The van der Waals surface area contributed by atoms with E-state index in [4.69, 9.17) is 14.6 Å². The average Bonchev–Trinajstić information content (AvgIpc) is 3.49. The molecular weight excluding hydrogens is 594 g/mol. The number of aliphatic hydroxyl groups is 1. The fraction of sp³-hybridized carbons (Fsp3) is 0.364. The molecule has 236 valence electrons. The summed E-state index contributed by atoms with van der Waals surface area (Å²) in [6, 6.07) is 23.9. The minimum atomic E-state index is -0.846. The summed E-state index contributed by atoms with van der Waals surface area (Å²) in [5, 5.41) is 33.6. The number of carboxylic acids is 1. The van der Waals surface area contributed by atoms with Gasteiger partial charge in [0.15, 0.2) is 6.29 Å². The third kappa shape index (κ3) is 9.21. The van der Waals surface area contributed by atoms with Gasteiger partial charge in [-0.1, -0.05) is 72.4 Å². The van der Waals surface area contributed by atoms with Crippen molar-refractivity contribution in [2.24, 2.45) is 7.05 Å². The van der Waals surface area contributed by atoms with E-state index >= 15 is 0 Å². The van der Waals surface area contributed by atoms with Gasteiger partial charge >= 0.3 is 5.97 Å². The Bertz CT molecular complexity index is 1580. The zero-order chi connectivity index (χ0) is 31.6. The molecule has 1 aliphatic rings. The smallest absolute Gasteiger partial charge is 0.303 e. The molecule has 1 amide bonds. The molecule has 1 aliphatic heterocycles. The van der Waals surface area contributed by atoms with Gasteiger partial charge in [-0.05, 0) is 63.2 Å². The maximum absolute atomic E-state index is 12.2. The van der Waals surface area contributed by atoms with Gasteiger partial charge in [-0.25, -0.2) is 4.68 Å². The summed E-state index contributed by atoms with van der Waals surface area (Å²) >= 11 is 1.54. The number of ether oxygens (including phenoxy) is 2. The number of benzene rings is 3. The number of rotatable bonds is 14. The van der Waals surface area contributed by atoms with Crippen LogP contribution < -0.4 is 5.32 Å². The Morgan fingerprint density at radius 1 is 0.956 bits per heavy atom. The number of carboxylic acid groups (broad SMARTS) is 1. The predicted molar refractivity (Wildman–Crippen MR) is 168 cm³/mol. The normalized spacial score (nSPS) is 18.0. The Hall–Kier alpha value is -4.10. The maximum atomic E-state index is 12.2. The summed E-state index contributed by atoms with van der Waals surface area (Å²) < 4.78 is 14.7. The fourth-order valence-electron chi connectivity index (χ4n) is 5.11. The van der Waals surface area contributed by atoms with E-state index in [-0.39, 0.29) is 31.1 Å². The second-order valence-electron chi connectivity index (χ2n) is 10.9. The molecule has 45 heavy (non-hydrogen) atoms. The van der Waals surface area contributed by atoms with Crippen molar-refractivity contribution in [3.05, 3.63) is 95.1 Å². The molecule has 3 aromatic carbocycles. The number of aryl methyl sites for hydroxylation is 1. The van der Waals surface area contributed by atoms with Crippen molar-refractivity contribution in [3.63, 3.8) is 0 Å². The van der Waals surface area contributed by atoms with Gasteiger partial charge in [0.1, 0.15) is 0 Å². The number of hydrogen-bond acceptors (Lipinski definition) is 9. The molecule has 0 saturated carbocycles. The van der Waals surface area contributed by atoms with E-state index in [1.165, 1.54) is 11.8 Å². The van der Waals surface area contributed by atoms with E-state index in [1.807, 2.05) is 66.7 Å². The number of aromatic nitrogens is 4. The number of nitrogens with zero attached hydrogens (tertiary/aromatic N) is 4. The van der Waals surface area contributed by atoms with Crippen LogP contribution in [0.25, 0.3) is 11.1 Å². The number of thioether (sulfide) groups is 1. The Kier molecular flexibility index (Phi) is 11.3. The molecule has 0 bridgehead atoms. The Labute approximate surface area is 266 Å². The zero-order valence-corrected chi connectivity index (χ0v) is 25.9. The first kappa shape index (κ1) is 32.3. The van der Waals surface area contributed by atoms with Gasteiger partial charge < -0.3 is 25.0 Å². The van der Waals surface area contributed by atoms with E-state index < -0.39 is 12.3 Å². The zero-order valence-electron chi connectivity index (χ0n) is 25.0. The lowest BCUT2D eigenvalue weighted by atomic mass is 9.99. The number of unbranched alkanes of at least 4 members (excludes halogenated alkanes) is 1. The number of nitrogens with one attached hydrogen (secondary N) is 1. The summed E-state index contributed by atoms with van der Waals surface area (Å²) in [7, 11) is 1.81. The Morgan fingerprint density at radius 2 is 1.71 bits per heavy atom. The number of tetrazole rings is 1. The van der Waals surface area contributed by atoms with Crippen LogP contribution in [0.15, 0.2) is 78.0 Å². The lowest BCUT2D eigenvalue weighted by Gasteiger charge is -2.36. The van der Waals surface area contributed by atoms with E-state index in [2.05, 4.69) is 26.9 Å². The van der Waals surface area contributed by atoms with Gasteiger partial charge in [-0.15, -0.1) is 5.10 Å². The van der Waals surface area contributed by atoms with Gasteiger partial charge in [0.2, 0.25) is 11.1 Å². The van der Waals surface area contributed by atoms with Gasteiger partial charge in [0, 0.05) is 44.2 Å². The standard InChI is InChI=1S/C33H37N5O6S/c1-38-33(35-36-37-38)45-21-28-18-29(24-14-12-22(20-39)13-15-24)44-32(43-28)27-9-5-8-26(17-27)25-7-4-6-23(16-25)19-34-30(40)10-2-3-11-31(41)42/h4-9,12-17,28-29,32,39H,2-3,10-11,18-21H2,1H3,(H,34,40)(H,41,42)/t28-,29+,32+/m0/s1. The van der Waals surface area contributed by atoms with Gasteiger partial charge in [-0.3, -0.25) is 9.59 Å². The molecule has 0 spiro atoms. The van der Waals surface area contributed by atoms with Crippen LogP contribution in [0.4, 0.5) is 0 Å². The summed E-state index contributed by atoms with van der Waals surface area (Å²) in [5.41, 5.74) is 5.70. The molecule has 3 atom stereocenters. The largest absolute Gasteiger partial charge is 0.481 e. The van der Waals surface area contributed by atoms with Crippen molar-refractivity contribution in [2.45, 2.75) is 68.9 Å². The van der Waals surface area contributed by atoms with Gasteiger partial charge in [0.25, 0.3) is 0 Å². The second kappa shape index (κ2) is 15.8. The summed E-state index contributed by atoms with van der Waals surface area (Å²) in [6.07, 6.45) is 1.11. The molecule has 2 heterocycles. The van der Waals surface area contributed by atoms with Crippen LogP contribution in [0.3, 0.4) is 0 Å². The number of carbonyl (C=O) groups is 2. The van der Waals surface area contributed by atoms with Crippen LogP contribution in [0.1, 0.15) is 66.8 Å². The van der Waals surface area contributed by atoms with E-state index in [9.17, 15) is 14.7 Å². The maximum Gasteiger partial charge on any atom is 0.303 e. The fourth-order valence-corrected chi connectivity index (χ4v) is 5.98. The molecule has 11 nitrogen and oxygen atoms in total. The van der Waals surface area contributed by atoms with Crippen LogP contribution in [0.5, 0.6) is 0 Å². The highest BCUT2D eigenvalue weighted by Gasteiger charge is 2.32. The van der Waals surface area contributed by atoms with Crippen molar-refractivity contribution in [1.82, 2.24) is 25.5 Å². The lowest BCUT2D eigenvalue weighted by Crippen LogP contribution is -2.31. The van der Waals surface area contributed by atoms with Crippen LogP contribution in [-0.2, 0) is 39.3 Å². The number of amides is 1. The molecule has 0 unspecified atom stereocenters. The quantitative estimate of drug-likeness (QED) is 0.129. The van der Waals surface area contributed by atoms with Crippen molar-refractivity contribution < 1.29 is 29.3 Å². The molecule has 12 heteroatoms. The van der Waals surface area contributed by atoms with Crippen LogP contribution in [0.2, 0.25) is 0 Å².